The zero-order valence-electron chi connectivity index (χ0n) is 15.2. The van der Waals surface area contributed by atoms with Crippen LogP contribution in [0.15, 0.2) is 30.4 Å². The van der Waals surface area contributed by atoms with E-state index in [0.29, 0.717) is 0 Å². The molecule has 2 fully saturated rings. The molecule has 2 bridgehead atoms. The quantitative estimate of drug-likeness (QED) is 0.647. The lowest BCUT2D eigenvalue weighted by molar-refractivity contribution is -0.143. The van der Waals surface area contributed by atoms with Crippen LogP contribution in [0.1, 0.15) is 24.5 Å². The number of anilines is 1. The summed E-state index contributed by atoms with van der Waals surface area (Å²) in [6.07, 6.45) is 4.35. The second kappa shape index (κ2) is 5.97. The van der Waals surface area contributed by atoms with Gasteiger partial charge in [-0.15, -0.1) is 0 Å². The number of hydrogen-bond acceptors (Lipinski definition) is 3. The molecule has 0 aromatic heterocycles. The molecule has 0 spiro atoms. The highest BCUT2D eigenvalue weighted by Gasteiger charge is 2.60. The molecule has 136 valence electrons. The van der Waals surface area contributed by atoms with Crippen molar-refractivity contribution < 1.29 is 14.4 Å². The van der Waals surface area contributed by atoms with Crippen molar-refractivity contribution in [3.8, 4) is 0 Å². The summed E-state index contributed by atoms with van der Waals surface area (Å²) in [4.78, 5) is 39.2. The summed E-state index contributed by atoms with van der Waals surface area (Å²) in [5, 5.41) is 5.57. The summed E-state index contributed by atoms with van der Waals surface area (Å²) in [6, 6.07) is 5.35. The van der Waals surface area contributed by atoms with Gasteiger partial charge in [0.2, 0.25) is 11.8 Å². The molecule has 2 N–H and O–H groups in total. The normalized spacial score (nSPS) is 29.9. The lowest BCUT2D eigenvalue weighted by atomic mass is 9.85. The third-order valence-corrected chi connectivity index (χ3v) is 5.95. The number of hydrogen-bond donors (Lipinski definition) is 2. The van der Waals surface area contributed by atoms with Crippen LogP contribution in [0.3, 0.4) is 0 Å². The van der Waals surface area contributed by atoms with Gasteiger partial charge in [0.1, 0.15) is 6.17 Å². The van der Waals surface area contributed by atoms with Gasteiger partial charge < -0.3 is 10.6 Å². The van der Waals surface area contributed by atoms with Gasteiger partial charge in [-0.3, -0.25) is 14.5 Å². The number of benzene rings is 1. The van der Waals surface area contributed by atoms with Gasteiger partial charge in [-0.25, -0.2) is 4.79 Å². The first-order valence-electron chi connectivity index (χ1n) is 9.07. The maximum Gasteiger partial charge on any atom is 0.320 e. The number of amides is 4. The van der Waals surface area contributed by atoms with Crippen LogP contribution >= 0.6 is 0 Å². The molecule has 3 aliphatic rings. The smallest absolute Gasteiger partial charge is 0.317 e. The largest absolute Gasteiger partial charge is 0.320 e. The van der Waals surface area contributed by atoms with Crippen LogP contribution in [0.25, 0.3) is 0 Å². The molecule has 1 saturated heterocycles. The lowest BCUT2D eigenvalue weighted by Crippen LogP contribution is -2.51. The highest BCUT2D eigenvalue weighted by molar-refractivity contribution is 6.07. The minimum absolute atomic E-state index is 0.156. The van der Waals surface area contributed by atoms with Crippen molar-refractivity contribution in [2.24, 2.45) is 23.7 Å². The molecule has 1 aliphatic heterocycles. The third kappa shape index (κ3) is 2.43. The summed E-state index contributed by atoms with van der Waals surface area (Å²) in [6.45, 7) is 5.52. The maximum atomic E-state index is 12.8. The number of carbonyl (C=O) groups excluding carboxylic acids is 3. The summed E-state index contributed by atoms with van der Waals surface area (Å²) in [5.41, 5.74) is 2.66. The fourth-order valence-corrected chi connectivity index (χ4v) is 4.72. The second-order valence-corrected chi connectivity index (χ2v) is 7.59. The van der Waals surface area contributed by atoms with E-state index in [4.69, 9.17) is 0 Å². The Kier molecular flexibility index (Phi) is 3.86. The van der Waals surface area contributed by atoms with Crippen molar-refractivity contribution in [1.29, 1.82) is 0 Å². The highest BCUT2D eigenvalue weighted by Crippen LogP contribution is 2.52. The van der Waals surface area contributed by atoms with Gasteiger partial charge in [0.05, 0.1) is 11.8 Å². The van der Waals surface area contributed by atoms with Crippen LogP contribution in [-0.2, 0) is 9.59 Å². The molecular formula is C20H23N3O3. The standard InChI is InChI=1S/C20H23N3O3/c1-10-5-4-6-11(2)17(10)22-20(26)21-12(3)23-18(24)15-13-7-8-14(9-13)16(15)19(23)25/h4-8,12-16H,9H2,1-3H3,(H2,21,22,26). The van der Waals surface area contributed by atoms with Crippen molar-refractivity contribution in [3.63, 3.8) is 0 Å². The number of nitrogens with one attached hydrogen (secondary N) is 2. The Morgan fingerprint density at radius 3 is 2.15 bits per heavy atom. The molecule has 1 aromatic rings. The predicted molar refractivity (Wildman–Crippen MR) is 97.1 cm³/mol. The van der Waals surface area contributed by atoms with E-state index < -0.39 is 12.2 Å². The number of nitrogens with zero attached hydrogens (tertiary/aromatic N) is 1. The van der Waals surface area contributed by atoms with Crippen LogP contribution in [0.4, 0.5) is 10.5 Å². The van der Waals surface area contributed by atoms with E-state index in [2.05, 4.69) is 22.8 Å². The average molecular weight is 353 g/mol. The number of likely N-dealkylation sites (tertiary alicyclic amines) is 1. The fourth-order valence-electron chi connectivity index (χ4n) is 4.72. The van der Waals surface area contributed by atoms with Gasteiger partial charge in [0, 0.05) is 5.69 Å². The average Bonchev–Trinajstić information content (AvgIpc) is 3.25. The van der Waals surface area contributed by atoms with Crippen molar-refractivity contribution >= 4 is 23.5 Å². The van der Waals surface area contributed by atoms with E-state index in [9.17, 15) is 14.4 Å². The van der Waals surface area contributed by atoms with Gasteiger partial charge >= 0.3 is 6.03 Å². The Balaban J connectivity index is 1.45. The zero-order chi connectivity index (χ0) is 18.6. The summed E-state index contributed by atoms with van der Waals surface area (Å²) >= 11 is 0. The van der Waals surface area contributed by atoms with Gasteiger partial charge in [0.25, 0.3) is 0 Å². The molecule has 0 radical (unpaired) electrons. The molecule has 5 atom stereocenters. The molecule has 1 saturated carbocycles. The summed E-state index contributed by atoms with van der Waals surface area (Å²) in [7, 11) is 0. The first kappa shape index (κ1) is 16.8. The molecule has 4 amide bonds. The molecule has 26 heavy (non-hydrogen) atoms. The van der Waals surface area contributed by atoms with Crippen molar-refractivity contribution in [2.75, 3.05) is 5.32 Å². The van der Waals surface area contributed by atoms with Crippen LogP contribution in [-0.4, -0.2) is 28.9 Å². The molecule has 2 aliphatic carbocycles. The first-order valence-corrected chi connectivity index (χ1v) is 9.07. The number of rotatable bonds is 3. The Morgan fingerprint density at radius 2 is 1.62 bits per heavy atom. The molecule has 6 heteroatoms. The fraction of sp³-hybridized carbons (Fsp3) is 0.450. The van der Waals surface area contributed by atoms with Crippen LogP contribution in [0, 0.1) is 37.5 Å². The first-order chi connectivity index (χ1) is 12.4. The van der Waals surface area contributed by atoms with Crippen LogP contribution in [0.2, 0.25) is 0 Å². The molecule has 1 aromatic carbocycles. The van der Waals surface area contributed by atoms with E-state index in [-0.39, 0.29) is 35.5 Å². The minimum atomic E-state index is -0.677. The topological polar surface area (TPSA) is 78.5 Å². The van der Waals surface area contributed by atoms with Crippen molar-refractivity contribution in [3.05, 3.63) is 41.5 Å². The summed E-state index contributed by atoms with van der Waals surface area (Å²) < 4.78 is 0. The molecule has 4 rings (SSSR count). The third-order valence-electron chi connectivity index (χ3n) is 5.95. The molecule has 5 unspecified atom stereocenters. The van der Waals surface area contributed by atoms with E-state index in [1.165, 1.54) is 4.90 Å². The SMILES string of the molecule is Cc1cccc(C)c1NC(=O)NC(C)N1C(=O)C2C3C=CC(C3)C2C1=O. The van der Waals surface area contributed by atoms with Crippen LogP contribution in [0.5, 0.6) is 0 Å². The molecule has 1 heterocycles. The van der Waals surface area contributed by atoms with Gasteiger partial charge in [-0.2, -0.15) is 0 Å². The van der Waals surface area contributed by atoms with E-state index in [1.54, 1.807) is 6.92 Å². The predicted octanol–water partition coefficient (Wildman–Crippen LogP) is 2.58. The van der Waals surface area contributed by atoms with Crippen LogP contribution < -0.4 is 10.6 Å². The number of imide groups is 1. The number of allylic oxidation sites excluding steroid dienone is 2. The van der Waals surface area contributed by atoms with E-state index in [0.717, 1.165) is 23.2 Å². The Morgan fingerprint density at radius 1 is 1.08 bits per heavy atom. The molecule has 6 nitrogen and oxygen atoms in total. The Labute approximate surface area is 152 Å². The number of para-hydroxylation sites is 1. The number of carbonyl (C=O) groups is 3. The lowest BCUT2D eigenvalue weighted by Gasteiger charge is -2.25. The van der Waals surface area contributed by atoms with Crippen molar-refractivity contribution in [2.45, 2.75) is 33.4 Å². The number of fused-ring (bicyclic) bond motifs is 5. The number of urea groups is 1. The van der Waals surface area contributed by atoms with Gasteiger partial charge in [-0.05, 0) is 50.2 Å². The molecular weight excluding hydrogens is 330 g/mol. The monoisotopic (exact) mass is 353 g/mol. The Bertz CT molecular complexity index is 781. The van der Waals surface area contributed by atoms with Gasteiger partial charge in [-0.1, -0.05) is 30.4 Å². The minimum Gasteiger partial charge on any atom is -0.317 e. The maximum absolute atomic E-state index is 12.8. The highest BCUT2D eigenvalue weighted by atomic mass is 16.2. The van der Waals surface area contributed by atoms with Gasteiger partial charge in [0.15, 0.2) is 0 Å². The van der Waals surface area contributed by atoms with E-state index >= 15 is 0 Å². The zero-order valence-corrected chi connectivity index (χ0v) is 15.2. The van der Waals surface area contributed by atoms with Crippen molar-refractivity contribution in [1.82, 2.24) is 10.2 Å². The number of aryl methyl sites for hydroxylation is 2. The second-order valence-electron chi connectivity index (χ2n) is 7.59. The van der Waals surface area contributed by atoms with E-state index in [1.807, 2.05) is 32.0 Å². The summed E-state index contributed by atoms with van der Waals surface area (Å²) in [5.74, 6) is -0.468. The Hall–Kier alpha value is -2.63.